The average molecular weight is 218 g/mol. The van der Waals surface area contributed by atoms with Crippen molar-refractivity contribution in [2.45, 2.75) is 25.8 Å². The van der Waals surface area contributed by atoms with Crippen LogP contribution in [0.1, 0.15) is 30.1 Å². The molecule has 0 aliphatic carbocycles. The molecule has 3 heteroatoms. The standard InChI is InChI=1S/C13H18N2O/c1-10-5-4-8-15(10)13(16)11-6-3-7-12(9-11)14-2/h3,6-7,9-10,14H,4-5,8H2,1-2H3. The van der Waals surface area contributed by atoms with Gasteiger partial charge < -0.3 is 10.2 Å². The van der Waals surface area contributed by atoms with E-state index in [-0.39, 0.29) is 5.91 Å². The van der Waals surface area contributed by atoms with Crippen molar-refractivity contribution < 1.29 is 4.79 Å². The molecule has 0 saturated carbocycles. The number of benzene rings is 1. The summed E-state index contributed by atoms with van der Waals surface area (Å²) in [6.07, 6.45) is 2.25. The van der Waals surface area contributed by atoms with Crippen LogP contribution in [-0.2, 0) is 0 Å². The van der Waals surface area contributed by atoms with Gasteiger partial charge in [-0.1, -0.05) is 6.07 Å². The van der Waals surface area contributed by atoms with Gasteiger partial charge in [-0.2, -0.15) is 0 Å². The molecule has 1 unspecified atom stereocenters. The number of likely N-dealkylation sites (tertiary alicyclic amines) is 1. The van der Waals surface area contributed by atoms with Gasteiger partial charge in [0.1, 0.15) is 0 Å². The van der Waals surface area contributed by atoms with Crippen LogP contribution in [0.5, 0.6) is 0 Å². The summed E-state index contributed by atoms with van der Waals surface area (Å²) in [5.41, 5.74) is 1.76. The van der Waals surface area contributed by atoms with Crippen LogP contribution in [0.3, 0.4) is 0 Å². The smallest absolute Gasteiger partial charge is 0.254 e. The lowest BCUT2D eigenvalue weighted by Gasteiger charge is -2.21. The quantitative estimate of drug-likeness (QED) is 0.826. The minimum atomic E-state index is 0.155. The Kier molecular flexibility index (Phi) is 3.13. The molecule has 0 radical (unpaired) electrons. The molecule has 1 amide bonds. The van der Waals surface area contributed by atoms with E-state index in [9.17, 15) is 4.79 Å². The molecule has 1 aromatic rings. The second-order valence-electron chi connectivity index (χ2n) is 4.32. The van der Waals surface area contributed by atoms with E-state index in [0.717, 1.165) is 30.6 Å². The second-order valence-corrected chi connectivity index (χ2v) is 4.32. The molecule has 1 N–H and O–H groups in total. The van der Waals surface area contributed by atoms with E-state index < -0.39 is 0 Å². The Morgan fingerprint density at radius 2 is 2.31 bits per heavy atom. The highest BCUT2D eigenvalue weighted by Gasteiger charge is 2.25. The topological polar surface area (TPSA) is 32.3 Å². The first-order valence-corrected chi connectivity index (χ1v) is 5.81. The molecule has 1 aliphatic heterocycles. The molecule has 2 rings (SSSR count). The Labute approximate surface area is 96.5 Å². The number of anilines is 1. The minimum absolute atomic E-state index is 0.155. The highest BCUT2D eigenvalue weighted by Crippen LogP contribution is 2.20. The predicted molar refractivity (Wildman–Crippen MR) is 65.7 cm³/mol. The van der Waals surface area contributed by atoms with Gasteiger partial charge in [0.15, 0.2) is 0 Å². The van der Waals surface area contributed by atoms with Crippen LogP contribution >= 0.6 is 0 Å². The van der Waals surface area contributed by atoms with Gasteiger partial charge in [0, 0.05) is 30.9 Å². The summed E-state index contributed by atoms with van der Waals surface area (Å²) < 4.78 is 0. The van der Waals surface area contributed by atoms with Gasteiger partial charge in [0.25, 0.3) is 5.91 Å². The monoisotopic (exact) mass is 218 g/mol. The highest BCUT2D eigenvalue weighted by molar-refractivity contribution is 5.95. The summed E-state index contributed by atoms with van der Waals surface area (Å²) in [6, 6.07) is 8.05. The summed E-state index contributed by atoms with van der Waals surface area (Å²) in [4.78, 5) is 14.2. The summed E-state index contributed by atoms with van der Waals surface area (Å²) in [5.74, 6) is 0.155. The summed E-state index contributed by atoms with van der Waals surface area (Å²) in [7, 11) is 1.86. The first-order valence-electron chi connectivity index (χ1n) is 5.81. The fourth-order valence-corrected chi connectivity index (χ4v) is 2.21. The second kappa shape index (κ2) is 4.56. The van der Waals surface area contributed by atoms with Gasteiger partial charge >= 0.3 is 0 Å². The van der Waals surface area contributed by atoms with Crippen molar-refractivity contribution in [3.63, 3.8) is 0 Å². The van der Waals surface area contributed by atoms with Crippen molar-refractivity contribution in [1.29, 1.82) is 0 Å². The summed E-state index contributed by atoms with van der Waals surface area (Å²) in [5, 5.41) is 3.05. The van der Waals surface area contributed by atoms with Crippen molar-refractivity contribution >= 4 is 11.6 Å². The normalized spacial score (nSPS) is 19.9. The molecular formula is C13H18N2O. The lowest BCUT2D eigenvalue weighted by Crippen LogP contribution is -2.33. The largest absolute Gasteiger partial charge is 0.388 e. The maximum Gasteiger partial charge on any atom is 0.254 e. The molecule has 1 aliphatic rings. The van der Waals surface area contributed by atoms with Gasteiger partial charge in [0.2, 0.25) is 0 Å². The van der Waals surface area contributed by atoms with Crippen LogP contribution < -0.4 is 5.32 Å². The van der Waals surface area contributed by atoms with E-state index in [1.54, 1.807) is 0 Å². The van der Waals surface area contributed by atoms with E-state index in [4.69, 9.17) is 0 Å². The Morgan fingerprint density at radius 1 is 1.50 bits per heavy atom. The Hall–Kier alpha value is -1.51. The summed E-state index contributed by atoms with van der Waals surface area (Å²) in [6.45, 7) is 3.01. The van der Waals surface area contributed by atoms with E-state index in [1.165, 1.54) is 0 Å². The highest BCUT2D eigenvalue weighted by atomic mass is 16.2. The van der Waals surface area contributed by atoms with Crippen molar-refractivity contribution in [1.82, 2.24) is 4.90 Å². The van der Waals surface area contributed by atoms with Gasteiger partial charge in [-0.15, -0.1) is 0 Å². The van der Waals surface area contributed by atoms with Crippen LogP contribution in [0, 0.1) is 0 Å². The first-order chi connectivity index (χ1) is 7.72. The SMILES string of the molecule is CNc1cccc(C(=O)N2CCCC2C)c1. The fraction of sp³-hybridized carbons (Fsp3) is 0.462. The number of amides is 1. The Morgan fingerprint density at radius 3 is 2.94 bits per heavy atom. The Balaban J connectivity index is 2.19. The van der Waals surface area contributed by atoms with Crippen LogP contribution in [0.25, 0.3) is 0 Å². The van der Waals surface area contributed by atoms with Crippen LogP contribution in [-0.4, -0.2) is 30.4 Å². The molecule has 0 aromatic heterocycles. The number of carbonyl (C=O) groups excluding carboxylic acids is 1. The molecule has 1 fully saturated rings. The molecule has 1 atom stereocenters. The maximum atomic E-state index is 12.2. The molecule has 1 aromatic carbocycles. The van der Waals surface area contributed by atoms with E-state index >= 15 is 0 Å². The van der Waals surface area contributed by atoms with Gasteiger partial charge in [-0.3, -0.25) is 4.79 Å². The maximum absolute atomic E-state index is 12.2. The molecular weight excluding hydrogens is 200 g/mol. The zero-order valence-electron chi connectivity index (χ0n) is 9.86. The number of nitrogens with one attached hydrogen (secondary N) is 1. The molecule has 1 saturated heterocycles. The molecule has 86 valence electrons. The molecule has 3 nitrogen and oxygen atoms in total. The van der Waals surface area contributed by atoms with Gasteiger partial charge in [-0.05, 0) is 38.0 Å². The third-order valence-electron chi connectivity index (χ3n) is 3.21. The van der Waals surface area contributed by atoms with Crippen molar-refractivity contribution in [2.24, 2.45) is 0 Å². The van der Waals surface area contributed by atoms with Crippen LogP contribution in [0.4, 0.5) is 5.69 Å². The number of hydrogen-bond donors (Lipinski definition) is 1. The molecule has 0 bridgehead atoms. The van der Waals surface area contributed by atoms with Gasteiger partial charge in [-0.25, -0.2) is 0 Å². The number of hydrogen-bond acceptors (Lipinski definition) is 2. The fourth-order valence-electron chi connectivity index (χ4n) is 2.21. The van der Waals surface area contributed by atoms with Crippen molar-refractivity contribution in [3.8, 4) is 0 Å². The lowest BCUT2D eigenvalue weighted by atomic mass is 10.1. The zero-order chi connectivity index (χ0) is 11.5. The number of carbonyl (C=O) groups is 1. The van der Waals surface area contributed by atoms with Crippen molar-refractivity contribution in [2.75, 3.05) is 18.9 Å². The molecule has 16 heavy (non-hydrogen) atoms. The lowest BCUT2D eigenvalue weighted by molar-refractivity contribution is 0.0747. The number of rotatable bonds is 2. The van der Waals surface area contributed by atoms with E-state index in [2.05, 4.69) is 12.2 Å². The zero-order valence-corrected chi connectivity index (χ0v) is 9.86. The van der Waals surface area contributed by atoms with Crippen molar-refractivity contribution in [3.05, 3.63) is 29.8 Å². The third-order valence-corrected chi connectivity index (χ3v) is 3.21. The average Bonchev–Trinajstić information content (AvgIpc) is 2.74. The molecule has 0 spiro atoms. The van der Waals surface area contributed by atoms with E-state index in [1.807, 2.05) is 36.2 Å². The Bertz CT molecular complexity index is 389. The molecule has 1 heterocycles. The minimum Gasteiger partial charge on any atom is -0.388 e. The van der Waals surface area contributed by atoms with Gasteiger partial charge in [0.05, 0.1) is 0 Å². The third kappa shape index (κ3) is 2.03. The predicted octanol–water partition coefficient (Wildman–Crippen LogP) is 2.35. The number of nitrogens with zero attached hydrogens (tertiary/aromatic N) is 1. The van der Waals surface area contributed by atoms with Crippen LogP contribution in [0.2, 0.25) is 0 Å². The summed E-state index contributed by atoms with van der Waals surface area (Å²) >= 11 is 0. The van der Waals surface area contributed by atoms with Crippen LogP contribution in [0.15, 0.2) is 24.3 Å². The first kappa shape index (κ1) is 11.0. The van der Waals surface area contributed by atoms with E-state index in [0.29, 0.717) is 6.04 Å².